The van der Waals surface area contributed by atoms with Crippen molar-refractivity contribution < 1.29 is 14.1 Å². The average molecular weight is 422 g/mol. The van der Waals surface area contributed by atoms with Gasteiger partial charge in [-0.15, -0.1) is 0 Å². The number of carbonyl (C=O) groups excluding carboxylic acids is 1. The first kappa shape index (κ1) is 20.9. The molecule has 0 bridgehead atoms. The molecule has 1 aliphatic rings. The van der Waals surface area contributed by atoms with Crippen LogP contribution in [0.25, 0.3) is 11.4 Å². The maximum Gasteiger partial charge on any atom is 0.319 e. The van der Waals surface area contributed by atoms with Gasteiger partial charge in [0.1, 0.15) is 5.75 Å². The van der Waals surface area contributed by atoms with Crippen LogP contribution < -0.4 is 15.4 Å². The molecule has 1 saturated heterocycles. The van der Waals surface area contributed by atoms with Gasteiger partial charge in [0.2, 0.25) is 11.7 Å². The highest BCUT2D eigenvalue weighted by Crippen LogP contribution is 2.22. The second-order valence-electron chi connectivity index (χ2n) is 7.56. The molecule has 0 saturated carbocycles. The van der Waals surface area contributed by atoms with Gasteiger partial charge in [0.05, 0.1) is 13.7 Å². The molecule has 2 amide bonds. The van der Waals surface area contributed by atoms with Gasteiger partial charge in [0, 0.05) is 23.8 Å². The number of hydrogen-bond acceptors (Lipinski definition) is 6. The number of carbonyl (C=O) groups is 1. The summed E-state index contributed by atoms with van der Waals surface area (Å²) in [6.45, 7) is 2.07. The number of methoxy groups -OCH3 is 1. The quantitative estimate of drug-likeness (QED) is 0.601. The highest BCUT2D eigenvalue weighted by atomic mass is 16.5. The molecule has 1 aromatic heterocycles. The van der Waals surface area contributed by atoms with Crippen molar-refractivity contribution in [3.8, 4) is 17.1 Å². The van der Waals surface area contributed by atoms with Gasteiger partial charge in [0.25, 0.3) is 0 Å². The molecule has 3 aromatic rings. The Morgan fingerprint density at radius 1 is 1.16 bits per heavy atom. The predicted octanol–water partition coefficient (Wildman–Crippen LogP) is 3.92. The van der Waals surface area contributed by atoms with Crippen molar-refractivity contribution >= 4 is 11.7 Å². The molecule has 1 atom stereocenters. The summed E-state index contributed by atoms with van der Waals surface area (Å²) in [5, 5.41) is 9.97. The number of para-hydroxylation sites is 1. The Morgan fingerprint density at radius 2 is 1.97 bits per heavy atom. The monoisotopic (exact) mass is 421 g/mol. The Bertz CT molecular complexity index is 974. The number of piperidine rings is 1. The number of nitrogens with zero attached hydrogens (tertiary/aromatic N) is 3. The summed E-state index contributed by atoms with van der Waals surface area (Å²) in [5.41, 5.74) is 1.66. The summed E-state index contributed by atoms with van der Waals surface area (Å²) in [5.74, 6) is 1.92. The van der Waals surface area contributed by atoms with Gasteiger partial charge in [0.15, 0.2) is 0 Å². The first-order valence-electron chi connectivity index (χ1n) is 10.5. The normalized spacial score (nSPS) is 16.6. The summed E-state index contributed by atoms with van der Waals surface area (Å²) in [6.07, 6.45) is 3.28. The Morgan fingerprint density at radius 3 is 2.74 bits per heavy atom. The van der Waals surface area contributed by atoms with E-state index in [0.717, 1.165) is 42.8 Å². The van der Waals surface area contributed by atoms with Crippen LogP contribution in [0.15, 0.2) is 59.1 Å². The minimum Gasteiger partial charge on any atom is -0.497 e. The van der Waals surface area contributed by atoms with Gasteiger partial charge >= 0.3 is 6.03 Å². The van der Waals surface area contributed by atoms with Crippen molar-refractivity contribution in [3.05, 3.63) is 60.5 Å². The van der Waals surface area contributed by atoms with Gasteiger partial charge in [-0.2, -0.15) is 4.98 Å². The van der Waals surface area contributed by atoms with Crippen LogP contribution >= 0.6 is 0 Å². The molecule has 4 rings (SSSR count). The van der Waals surface area contributed by atoms with Crippen molar-refractivity contribution in [1.29, 1.82) is 0 Å². The van der Waals surface area contributed by atoms with Gasteiger partial charge in [-0.1, -0.05) is 29.8 Å². The molecule has 8 nitrogen and oxygen atoms in total. The van der Waals surface area contributed by atoms with Crippen LogP contribution in [0.4, 0.5) is 10.5 Å². The third-order valence-electron chi connectivity index (χ3n) is 5.43. The molecule has 0 spiro atoms. The fraction of sp³-hybridized carbons (Fsp3) is 0.348. The number of nitrogens with one attached hydrogen (secondary N) is 2. The van der Waals surface area contributed by atoms with Crippen molar-refractivity contribution in [2.45, 2.75) is 31.8 Å². The van der Waals surface area contributed by atoms with Crippen LogP contribution in [0.2, 0.25) is 0 Å². The molecule has 2 heterocycles. The van der Waals surface area contributed by atoms with Crippen LogP contribution in [-0.4, -0.2) is 47.3 Å². The smallest absolute Gasteiger partial charge is 0.319 e. The lowest BCUT2D eigenvalue weighted by atomic mass is 10.0. The van der Waals surface area contributed by atoms with E-state index in [2.05, 4.69) is 25.7 Å². The van der Waals surface area contributed by atoms with E-state index in [-0.39, 0.29) is 12.1 Å². The zero-order valence-corrected chi connectivity index (χ0v) is 17.6. The number of amides is 2. The largest absolute Gasteiger partial charge is 0.497 e. The van der Waals surface area contributed by atoms with E-state index in [1.807, 2.05) is 54.6 Å². The molecule has 1 aliphatic heterocycles. The summed E-state index contributed by atoms with van der Waals surface area (Å²) in [4.78, 5) is 19.1. The number of likely N-dealkylation sites (tertiary alicyclic amines) is 1. The molecule has 2 aromatic carbocycles. The molecule has 1 unspecified atom stereocenters. The van der Waals surface area contributed by atoms with E-state index >= 15 is 0 Å². The Balaban J connectivity index is 1.33. The zero-order valence-electron chi connectivity index (χ0n) is 17.6. The summed E-state index contributed by atoms with van der Waals surface area (Å²) in [7, 11) is 1.64. The highest BCUT2D eigenvalue weighted by molar-refractivity contribution is 5.89. The van der Waals surface area contributed by atoms with Crippen LogP contribution in [0.3, 0.4) is 0 Å². The summed E-state index contributed by atoms with van der Waals surface area (Å²) < 4.78 is 10.7. The van der Waals surface area contributed by atoms with Crippen molar-refractivity contribution in [3.63, 3.8) is 0 Å². The standard InChI is InChI=1S/C23H27N5O3/c1-30-20-12-10-17(11-13-20)22-26-21(31-27-22)16-28-14-6-5-9-19(28)15-24-23(29)25-18-7-3-2-4-8-18/h2-4,7-8,10-13,19H,5-6,9,14-16H2,1H3,(H2,24,25,29). The number of rotatable bonds is 7. The lowest BCUT2D eigenvalue weighted by Gasteiger charge is -2.34. The van der Waals surface area contributed by atoms with Gasteiger partial charge in [-0.3, -0.25) is 4.90 Å². The van der Waals surface area contributed by atoms with Crippen LogP contribution in [-0.2, 0) is 6.54 Å². The second-order valence-corrected chi connectivity index (χ2v) is 7.56. The molecule has 0 aliphatic carbocycles. The van der Waals surface area contributed by atoms with Crippen LogP contribution in [0.1, 0.15) is 25.2 Å². The third-order valence-corrected chi connectivity index (χ3v) is 5.43. The number of anilines is 1. The highest BCUT2D eigenvalue weighted by Gasteiger charge is 2.25. The maximum atomic E-state index is 12.2. The predicted molar refractivity (Wildman–Crippen MR) is 118 cm³/mol. The molecule has 2 N–H and O–H groups in total. The molecule has 0 radical (unpaired) electrons. The second kappa shape index (κ2) is 10.1. The molecular weight excluding hydrogens is 394 g/mol. The topological polar surface area (TPSA) is 92.5 Å². The Hall–Kier alpha value is -3.39. The molecular formula is C23H27N5O3. The summed E-state index contributed by atoms with van der Waals surface area (Å²) in [6, 6.07) is 17.0. The average Bonchev–Trinajstić information content (AvgIpc) is 3.28. The van der Waals surface area contributed by atoms with Crippen molar-refractivity contribution in [1.82, 2.24) is 20.4 Å². The Kier molecular flexibility index (Phi) is 6.78. The SMILES string of the molecule is COc1ccc(-c2noc(CN3CCCCC3CNC(=O)Nc3ccccc3)n2)cc1. The van der Waals surface area contributed by atoms with E-state index in [9.17, 15) is 4.79 Å². The maximum absolute atomic E-state index is 12.2. The lowest BCUT2D eigenvalue weighted by Crippen LogP contribution is -2.47. The number of aromatic nitrogens is 2. The third kappa shape index (κ3) is 5.61. The van der Waals surface area contributed by atoms with E-state index < -0.39 is 0 Å². The van der Waals surface area contributed by atoms with Crippen molar-refractivity contribution in [2.75, 3.05) is 25.5 Å². The fourth-order valence-corrected chi connectivity index (χ4v) is 3.76. The van der Waals surface area contributed by atoms with Crippen LogP contribution in [0, 0.1) is 0 Å². The van der Waals surface area contributed by atoms with Gasteiger partial charge in [-0.05, 0) is 55.8 Å². The number of hydrogen-bond donors (Lipinski definition) is 2. The molecule has 162 valence electrons. The molecule has 31 heavy (non-hydrogen) atoms. The molecule has 1 fully saturated rings. The first-order chi connectivity index (χ1) is 15.2. The van der Waals surface area contributed by atoms with E-state index in [1.54, 1.807) is 7.11 Å². The van der Waals surface area contributed by atoms with Crippen molar-refractivity contribution in [2.24, 2.45) is 0 Å². The van der Waals surface area contributed by atoms with Gasteiger partial charge in [-0.25, -0.2) is 4.79 Å². The number of ether oxygens (including phenoxy) is 1. The van der Waals surface area contributed by atoms with Gasteiger partial charge < -0.3 is 19.9 Å². The lowest BCUT2D eigenvalue weighted by molar-refractivity contribution is 0.123. The zero-order chi connectivity index (χ0) is 21.5. The van der Waals surface area contributed by atoms with E-state index in [4.69, 9.17) is 9.26 Å². The summed E-state index contributed by atoms with van der Waals surface area (Å²) >= 11 is 0. The minimum atomic E-state index is -0.198. The van der Waals surface area contributed by atoms with Crippen LogP contribution in [0.5, 0.6) is 5.75 Å². The molecule has 8 heteroatoms. The fourth-order valence-electron chi connectivity index (χ4n) is 3.76. The minimum absolute atomic E-state index is 0.198. The number of urea groups is 1. The Labute approximate surface area is 181 Å². The number of benzene rings is 2. The first-order valence-corrected chi connectivity index (χ1v) is 10.5. The van der Waals surface area contributed by atoms with E-state index in [1.165, 1.54) is 0 Å². The van der Waals surface area contributed by atoms with E-state index in [0.29, 0.717) is 24.8 Å².